The highest BCUT2D eigenvalue weighted by atomic mass is 19.1. The molecule has 0 atom stereocenters. The Balaban J connectivity index is 1.81. The van der Waals surface area contributed by atoms with Crippen LogP contribution in [0, 0.1) is 19.7 Å². The number of nitrogens with zero attached hydrogens (tertiary/aromatic N) is 2. The number of aromatic nitrogens is 3. The second-order valence-electron chi connectivity index (χ2n) is 6.94. The minimum absolute atomic E-state index is 0.0938. The van der Waals surface area contributed by atoms with Gasteiger partial charge < -0.3 is 9.67 Å². The highest BCUT2D eigenvalue weighted by Gasteiger charge is 2.16. The van der Waals surface area contributed by atoms with E-state index in [-0.39, 0.29) is 17.5 Å². The van der Waals surface area contributed by atoms with Crippen LogP contribution in [-0.4, -0.2) is 25.8 Å². The van der Waals surface area contributed by atoms with Crippen molar-refractivity contribution >= 4 is 16.9 Å². The number of pyridine rings is 1. The lowest BCUT2D eigenvalue weighted by molar-refractivity contribution is 0.0695. The predicted octanol–water partition coefficient (Wildman–Crippen LogP) is 3.89. The van der Waals surface area contributed by atoms with Gasteiger partial charge in [0.1, 0.15) is 11.4 Å². The van der Waals surface area contributed by atoms with E-state index in [1.54, 1.807) is 34.9 Å². The first-order valence-corrected chi connectivity index (χ1v) is 9.02. The fraction of sp³-hybridized carbons (Fsp3) is 0.136. The molecule has 0 amide bonds. The Kier molecular flexibility index (Phi) is 4.50. The molecule has 7 heteroatoms. The molecular formula is C22H18FN3O3. The molecule has 0 saturated heterocycles. The lowest BCUT2D eigenvalue weighted by Gasteiger charge is -2.14. The highest BCUT2D eigenvalue weighted by Crippen LogP contribution is 2.27. The Morgan fingerprint density at radius 1 is 1.21 bits per heavy atom. The molecule has 0 fully saturated rings. The van der Waals surface area contributed by atoms with Gasteiger partial charge in [-0.1, -0.05) is 24.3 Å². The van der Waals surface area contributed by atoms with Crippen molar-refractivity contribution in [3.8, 4) is 11.1 Å². The maximum absolute atomic E-state index is 14.9. The summed E-state index contributed by atoms with van der Waals surface area (Å²) in [6.45, 7) is 3.82. The summed E-state index contributed by atoms with van der Waals surface area (Å²) >= 11 is 0. The number of hydrogen-bond donors (Lipinski definition) is 2. The molecule has 0 unspecified atom stereocenters. The van der Waals surface area contributed by atoms with Gasteiger partial charge in [0.2, 0.25) is 5.43 Å². The number of aryl methyl sites for hydroxylation is 2. The van der Waals surface area contributed by atoms with Crippen LogP contribution in [0.3, 0.4) is 0 Å². The number of hydrogen-bond acceptors (Lipinski definition) is 3. The van der Waals surface area contributed by atoms with Gasteiger partial charge in [0.05, 0.1) is 17.8 Å². The van der Waals surface area contributed by atoms with Crippen molar-refractivity contribution in [2.75, 3.05) is 0 Å². The molecule has 0 bridgehead atoms. The molecule has 2 heterocycles. The van der Waals surface area contributed by atoms with Gasteiger partial charge in [-0.25, -0.2) is 9.18 Å². The zero-order valence-corrected chi connectivity index (χ0v) is 15.9. The lowest BCUT2D eigenvalue weighted by Crippen LogP contribution is -2.19. The molecule has 2 aromatic heterocycles. The third-order valence-corrected chi connectivity index (χ3v) is 5.03. The summed E-state index contributed by atoms with van der Waals surface area (Å²) in [5.74, 6) is -1.72. The molecule has 146 valence electrons. The van der Waals surface area contributed by atoms with Gasteiger partial charge in [-0.15, -0.1) is 0 Å². The van der Waals surface area contributed by atoms with Crippen molar-refractivity contribution in [2.24, 2.45) is 0 Å². The average molecular weight is 391 g/mol. The lowest BCUT2D eigenvalue weighted by atomic mass is 10.0. The van der Waals surface area contributed by atoms with E-state index in [0.717, 1.165) is 17.0 Å². The molecule has 29 heavy (non-hydrogen) atoms. The maximum atomic E-state index is 14.9. The monoisotopic (exact) mass is 391 g/mol. The molecular weight excluding hydrogens is 373 g/mol. The Hall–Kier alpha value is -3.74. The number of carboxylic acids is 1. The fourth-order valence-electron chi connectivity index (χ4n) is 3.62. The molecule has 4 rings (SSSR count). The molecule has 2 N–H and O–H groups in total. The van der Waals surface area contributed by atoms with Crippen molar-refractivity contribution < 1.29 is 14.3 Å². The van der Waals surface area contributed by atoms with Crippen molar-refractivity contribution in [3.05, 3.63) is 87.2 Å². The number of para-hydroxylation sites is 1. The van der Waals surface area contributed by atoms with Crippen LogP contribution in [0.15, 0.2) is 53.5 Å². The minimum Gasteiger partial charge on any atom is -0.477 e. The second-order valence-corrected chi connectivity index (χ2v) is 6.94. The summed E-state index contributed by atoms with van der Waals surface area (Å²) in [4.78, 5) is 23.9. The Morgan fingerprint density at radius 3 is 2.62 bits per heavy atom. The van der Waals surface area contributed by atoms with Gasteiger partial charge in [-0.2, -0.15) is 5.10 Å². The summed E-state index contributed by atoms with van der Waals surface area (Å²) in [5, 5.41) is 16.7. The van der Waals surface area contributed by atoms with Gasteiger partial charge in [0.15, 0.2) is 0 Å². The van der Waals surface area contributed by atoms with Crippen LogP contribution < -0.4 is 5.43 Å². The number of H-pyrrole nitrogens is 1. The van der Waals surface area contributed by atoms with E-state index in [2.05, 4.69) is 10.2 Å². The van der Waals surface area contributed by atoms with Crippen molar-refractivity contribution in [1.82, 2.24) is 14.8 Å². The van der Waals surface area contributed by atoms with Gasteiger partial charge in [-0.3, -0.25) is 9.89 Å². The van der Waals surface area contributed by atoms with Crippen molar-refractivity contribution in [1.29, 1.82) is 0 Å². The van der Waals surface area contributed by atoms with Crippen LogP contribution in [-0.2, 0) is 6.54 Å². The van der Waals surface area contributed by atoms with E-state index >= 15 is 0 Å². The van der Waals surface area contributed by atoms with E-state index < -0.39 is 17.2 Å². The normalized spacial score (nSPS) is 11.1. The third-order valence-electron chi connectivity index (χ3n) is 5.03. The number of benzene rings is 2. The molecule has 0 aliphatic carbocycles. The zero-order chi connectivity index (χ0) is 20.7. The van der Waals surface area contributed by atoms with Crippen molar-refractivity contribution in [3.63, 3.8) is 0 Å². The van der Waals surface area contributed by atoms with E-state index in [0.29, 0.717) is 16.6 Å². The van der Waals surface area contributed by atoms with Gasteiger partial charge in [0, 0.05) is 28.4 Å². The van der Waals surface area contributed by atoms with Crippen LogP contribution in [0.1, 0.15) is 27.3 Å². The van der Waals surface area contributed by atoms with E-state index in [1.165, 1.54) is 12.3 Å². The predicted molar refractivity (Wildman–Crippen MR) is 108 cm³/mol. The Labute approximate surface area is 165 Å². The number of carbonyl (C=O) groups is 1. The van der Waals surface area contributed by atoms with E-state index in [4.69, 9.17) is 0 Å². The second kappa shape index (κ2) is 7.01. The molecule has 0 aliphatic heterocycles. The number of carboxylic acid groups (broad SMARTS) is 1. The number of fused-ring (bicyclic) bond motifs is 1. The topological polar surface area (TPSA) is 88.0 Å². The van der Waals surface area contributed by atoms with E-state index in [9.17, 15) is 19.1 Å². The van der Waals surface area contributed by atoms with Crippen molar-refractivity contribution in [2.45, 2.75) is 20.4 Å². The number of aromatic amines is 1. The maximum Gasteiger partial charge on any atom is 0.341 e. The zero-order valence-electron chi connectivity index (χ0n) is 15.9. The summed E-state index contributed by atoms with van der Waals surface area (Å²) in [6.07, 6.45) is 1.27. The molecule has 2 aromatic carbocycles. The summed E-state index contributed by atoms with van der Waals surface area (Å²) in [7, 11) is 0. The Bertz CT molecular complexity index is 1300. The summed E-state index contributed by atoms with van der Waals surface area (Å²) in [5.41, 5.74) is 3.25. The molecule has 4 aromatic rings. The molecule has 0 spiro atoms. The number of nitrogens with one attached hydrogen (secondary N) is 1. The molecule has 0 saturated carbocycles. The van der Waals surface area contributed by atoms with Crippen LogP contribution in [0.25, 0.3) is 22.0 Å². The molecule has 6 nitrogen and oxygen atoms in total. The quantitative estimate of drug-likeness (QED) is 0.552. The van der Waals surface area contributed by atoms with Gasteiger partial charge >= 0.3 is 5.97 Å². The minimum atomic E-state index is -1.31. The first-order valence-electron chi connectivity index (χ1n) is 9.02. The highest BCUT2D eigenvalue weighted by molar-refractivity contribution is 5.92. The fourth-order valence-corrected chi connectivity index (χ4v) is 3.62. The smallest absolute Gasteiger partial charge is 0.341 e. The Morgan fingerprint density at radius 2 is 1.97 bits per heavy atom. The first-order chi connectivity index (χ1) is 13.9. The summed E-state index contributed by atoms with van der Waals surface area (Å²) in [6, 6.07) is 11.6. The van der Waals surface area contributed by atoms with Crippen LogP contribution in [0.5, 0.6) is 0 Å². The van der Waals surface area contributed by atoms with Crippen LogP contribution in [0.2, 0.25) is 0 Å². The van der Waals surface area contributed by atoms with E-state index in [1.807, 2.05) is 19.9 Å². The third kappa shape index (κ3) is 3.20. The van der Waals surface area contributed by atoms with Crippen LogP contribution >= 0.6 is 0 Å². The van der Waals surface area contributed by atoms with Gasteiger partial charge in [0.25, 0.3) is 0 Å². The molecule has 0 radical (unpaired) electrons. The average Bonchev–Trinajstić information content (AvgIpc) is 3.03. The SMILES string of the molecule is Cc1n[nH]c(C)c1-c1ccc(Cn2cc(C(=O)O)c(=O)c3ccccc32)c(F)c1. The number of aromatic carboxylic acids is 1. The standard InChI is InChI=1S/C22H18FN3O3/c1-12-20(13(2)25-24-12)14-7-8-15(18(23)9-14)10-26-11-17(22(28)29)21(27)16-5-3-4-6-19(16)26/h3-9,11H,10H2,1-2H3,(H,24,25)(H,28,29). The van der Waals surface area contributed by atoms with Crippen LogP contribution in [0.4, 0.5) is 4.39 Å². The summed E-state index contributed by atoms with van der Waals surface area (Å²) < 4.78 is 16.5. The molecule has 0 aliphatic rings. The van der Waals surface area contributed by atoms with Gasteiger partial charge in [-0.05, 0) is 37.6 Å². The first kappa shape index (κ1) is 18.6. The number of rotatable bonds is 4. The number of halogens is 1. The largest absolute Gasteiger partial charge is 0.477 e.